The lowest BCUT2D eigenvalue weighted by Gasteiger charge is -2.38. The van der Waals surface area contributed by atoms with Crippen molar-refractivity contribution in [2.24, 2.45) is 23.7 Å². The van der Waals surface area contributed by atoms with E-state index in [2.05, 4.69) is 18.2 Å². The van der Waals surface area contributed by atoms with Crippen LogP contribution in [0, 0.1) is 23.7 Å². The number of rotatable bonds is 3. The Morgan fingerprint density at radius 1 is 1.20 bits per heavy atom. The van der Waals surface area contributed by atoms with E-state index < -0.39 is 11.4 Å². The summed E-state index contributed by atoms with van der Waals surface area (Å²) in [5.74, 6) is 0.803. The molecule has 0 spiro atoms. The minimum Gasteiger partial charge on any atom is -0.385 e. The summed E-state index contributed by atoms with van der Waals surface area (Å²) in [7, 11) is 3.40. The van der Waals surface area contributed by atoms with Gasteiger partial charge in [0.15, 0.2) is 5.79 Å². The summed E-state index contributed by atoms with van der Waals surface area (Å²) in [4.78, 5) is 0. The van der Waals surface area contributed by atoms with E-state index in [9.17, 15) is 5.11 Å². The second-order valence-corrected chi connectivity index (χ2v) is 6.92. The lowest BCUT2D eigenvalue weighted by Crippen LogP contribution is -2.47. The molecule has 0 amide bonds. The average Bonchev–Trinajstić information content (AvgIpc) is 3.15. The predicted molar refractivity (Wildman–Crippen MR) is 76.0 cm³/mol. The number of methoxy groups -OCH3 is 2. The predicted octanol–water partition coefficient (Wildman–Crippen LogP) is 2.66. The number of aliphatic hydroxyl groups is 1. The lowest BCUT2D eigenvalue weighted by atomic mass is 9.75. The molecular weight excluding hydrogens is 252 g/mol. The van der Waals surface area contributed by atoms with Crippen molar-refractivity contribution >= 4 is 0 Å². The molecule has 4 aliphatic rings. The van der Waals surface area contributed by atoms with Crippen LogP contribution < -0.4 is 0 Å². The van der Waals surface area contributed by atoms with Crippen LogP contribution in [0.5, 0.6) is 0 Å². The van der Waals surface area contributed by atoms with Gasteiger partial charge in [-0.1, -0.05) is 24.6 Å². The van der Waals surface area contributed by atoms with Crippen LogP contribution in [-0.4, -0.2) is 30.7 Å². The van der Waals surface area contributed by atoms with Gasteiger partial charge in [-0.25, -0.2) is 0 Å². The quantitative estimate of drug-likeness (QED) is 0.636. The molecule has 0 heterocycles. The topological polar surface area (TPSA) is 38.7 Å². The highest BCUT2D eigenvalue weighted by Crippen LogP contribution is 2.61. The van der Waals surface area contributed by atoms with Crippen LogP contribution in [0.4, 0.5) is 0 Å². The van der Waals surface area contributed by atoms with Crippen molar-refractivity contribution in [3.63, 3.8) is 0 Å². The molecule has 0 aliphatic heterocycles. The Balaban J connectivity index is 1.71. The molecule has 3 nitrogen and oxygen atoms in total. The zero-order valence-electron chi connectivity index (χ0n) is 12.3. The first-order valence-corrected chi connectivity index (χ1v) is 7.87. The normalized spacial score (nSPS) is 47.9. The highest BCUT2D eigenvalue weighted by Gasteiger charge is 2.66. The Morgan fingerprint density at radius 2 is 2.00 bits per heavy atom. The Morgan fingerprint density at radius 3 is 2.70 bits per heavy atom. The highest BCUT2D eigenvalue weighted by molar-refractivity contribution is 5.38. The molecular formula is C17H24O3. The molecule has 2 saturated carbocycles. The van der Waals surface area contributed by atoms with E-state index >= 15 is 0 Å². The molecule has 4 rings (SSSR count). The molecule has 5 atom stereocenters. The maximum atomic E-state index is 11.4. The zero-order valence-corrected chi connectivity index (χ0v) is 12.3. The van der Waals surface area contributed by atoms with Crippen LogP contribution in [-0.2, 0) is 9.47 Å². The molecule has 2 bridgehead atoms. The molecule has 110 valence electrons. The third-order valence-electron chi connectivity index (χ3n) is 6.37. The second kappa shape index (κ2) is 4.19. The van der Waals surface area contributed by atoms with Crippen molar-refractivity contribution in [3.05, 3.63) is 23.8 Å². The summed E-state index contributed by atoms with van der Waals surface area (Å²) < 4.78 is 11.5. The average molecular weight is 276 g/mol. The Bertz CT molecular complexity index is 477. The molecule has 2 fully saturated rings. The summed E-state index contributed by atoms with van der Waals surface area (Å²) in [5.41, 5.74) is 0.533. The fourth-order valence-electron chi connectivity index (χ4n) is 5.50. The van der Waals surface area contributed by atoms with E-state index in [4.69, 9.17) is 9.47 Å². The van der Waals surface area contributed by atoms with Gasteiger partial charge in [0.25, 0.3) is 0 Å². The number of ether oxygens (including phenoxy) is 2. The number of hydrogen-bond donors (Lipinski definition) is 1. The minimum absolute atomic E-state index is 0.0689. The first-order chi connectivity index (χ1) is 9.65. The molecule has 20 heavy (non-hydrogen) atoms. The van der Waals surface area contributed by atoms with Gasteiger partial charge in [-0.05, 0) is 43.1 Å². The molecule has 0 unspecified atom stereocenters. The van der Waals surface area contributed by atoms with Gasteiger partial charge in [0.1, 0.15) is 0 Å². The van der Waals surface area contributed by atoms with Gasteiger partial charge in [0.2, 0.25) is 0 Å². The Kier molecular flexibility index (Phi) is 2.73. The van der Waals surface area contributed by atoms with Gasteiger partial charge in [-0.15, -0.1) is 0 Å². The van der Waals surface area contributed by atoms with Gasteiger partial charge < -0.3 is 14.6 Å². The Labute approximate surface area is 120 Å². The fourth-order valence-corrected chi connectivity index (χ4v) is 5.50. The number of allylic oxidation sites excluding steroid dienone is 1. The van der Waals surface area contributed by atoms with Gasteiger partial charge in [-0.2, -0.15) is 0 Å². The summed E-state index contributed by atoms with van der Waals surface area (Å²) in [6, 6.07) is 0. The van der Waals surface area contributed by atoms with E-state index in [1.54, 1.807) is 14.2 Å². The molecule has 4 aliphatic carbocycles. The number of fused-ring (bicyclic) bond motifs is 3. The summed E-state index contributed by atoms with van der Waals surface area (Å²) in [6.07, 6.45) is 12.4. The minimum atomic E-state index is -0.755. The maximum absolute atomic E-state index is 11.4. The first-order valence-electron chi connectivity index (χ1n) is 7.87. The molecule has 0 aromatic rings. The molecule has 1 N–H and O–H groups in total. The van der Waals surface area contributed by atoms with Crippen molar-refractivity contribution in [2.75, 3.05) is 14.2 Å². The summed E-state index contributed by atoms with van der Waals surface area (Å²) in [6.45, 7) is 0. The largest absolute Gasteiger partial charge is 0.385 e. The van der Waals surface area contributed by atoms with E-state index in [0.29, 0.717) is 5.92 Å². The fraction of sp³-hybridized carbons (Fsp3) is 0.765. The van der Waals surface area contributed by atoms with Crippen molar-refractivity contribution in [3.8, 4) is 0 Å². The molecule has 0 radical (unpaired) electrons. The van der Waals surface area contributed by atoms with Gasteiger partial charge in [-0.3, -0.25) is 0 Å². The Hall–Kier alpha value is -0.640. The van der Waals surface area contributed by atoms with Crippen LogP contribution in [0.15, 0.2) is 23.8 Å². The van der Waals surface area contributed by atoms with Crippen molar-refractivity contribution in [1.29, 1.82) is 0 Å². The molecule has 0 saturated heterocycles. The first kappa shape index (κ1) is 13.1. The van der Waals surface area contributed by atoms with Gasteiger partial charge in [0, 0.05) is 20.1 Å². The van der Waals surface area contributed by atoms with Gasteiger partial charge >= 0.3 is 0 Å². The van der Waals surface area contributed by atoms with Crippen LogP contribution in [0.3, 0.4) is 0 Å². The van der Waals surface area contributed by atoms with Crippen molar-refractivity contribution < 1.29 is 14.6 Å². The monoisotopic (exact) mass is 276 g/mol. The van der Waals surface area contributed by atoms with Crippen LogP contribution in [0.1, 0.15) is 32.1 Å². The molecule has 0 aromatic heterocycles. The van der Waals surface area contributed by atoms with E-state index in [1.807, 2.05) is 0 Å². The SMILES string of the molecule is COC1(OC)[C@H]2C=C[C@H]1C[C@@]2(O)C1=CC[C@H]2CCC[C@@H]12. The highest BCUT2D eigenvalue weighted by atomic mass is 16.7. The summed E-state index contributed by atoms with van der Waals surface area (Å²) in [5, 5.41) is 11.4. The molecule has 3 heteroatoms. The smallest absolute Gasteiger partial charge is 0.183 e. The number of hydrogen-bond acceptors (Lipinski definition) is 3. The summed E-state index contributed by atoms with van der Waals surface area (Å²) >= 11 is 0. The molecule has 0 aromatic carbocycles. The van der Waals surface area contributed by atoms with E-state index in [1.165, 1.54) is 24.8 Å². The third-order valence-corrected chi connectivity index (χ3v) is 6.37. The lowest BCUT2D eigenvalue weighted by molar-refractivity contribution is -0.238. The second-order valence-electron chi connectivity index (χ2n) is 6.92. The van der Waals surface area contributed by atoms with Gasteiger partial charge in [0.05, 0.1) is 11.5 Å². The van der Waals surface area contributed by atoms with Crippen LogP contribution in [0.25, 0.3) is 0 Å². The maximum Gasteiger partial charge on any atom is 0.183 e. The third kappa shape index (κ3) is 1.36. The van der Waals surface area contributed by atoms with Crippen molar-refractivity contribution in [2.45, 2.75) is 43.5 Å². The van der Waals surface area contributed by atoms with E-state index in [-0.39, 0.29) is 11.8 Å². The van der Waals surface area contributed by atoms with Crippen molar-refractivity contribution in [1.82, 2.24) is 0 Å². The van der Waals surface area contributed by atoms with Crippen LogP contribution >= 0.6 is 0 Å². The standard InChI is InChI=1S/C17H24O3/c1-19-17(20-2)12-7-9-15(17)16(18,10-12)14-8-6-11-4-3-5-13(11)14/h7-9,11-13,15,18H,3-6,10H2,1-2H3/t11-,12+,13-,15+,16-/m1/s1. The zero-order chi connectivity index (χ0) is 14.0. The van der Waals surface area contributed by atoms with Crippen LogP contribution in [0.2, 0.25) is 0 Å². The van der Waals surface area contributed by atoms with E-state index in [0.717, 1.165) is 18.8 Å².